The largest absolute Gasteiger partial charge is 0.375 e. The number of thiazole rings is 1. The van der Waals surface area contributed by atoms with Crippen LogP contribution in [0.4, 0.5) is 5.13 Å². The van der Waals surface area contributed by atoms with Crippen molar-refractivity contribution >= 4 is 28.3 Å². The van der Waals surface area contributed by atoms with Crippen LogP contribution in [0, 0.1) is 6.92 Å². The van der Waals surface area contributed by atoms with Crippen LogP contribution in [0.25, 0.3) is 0 Å². The van der Waals surface area contributed by atoms with Gasteiger partial charge in [-0.15, -0.1) is 0 Å². The van der Waals surface area contributed by atoms with Crippen LogP contribution in [0.2, 0.25) is 0 Å². The first kappa shape index (κ1) is 16.0. The van der Waals surface area contributed by atoms with E-state index in [1.807, 2.05) is 18.2 Å². The molecule has 0 aliphatic heterocycles. The minimum atomic E-state index is -0.744. The Hall–Kier alpha value is -2.41. The second-order valence-electron chi connectivity index (χ2n) is 5.02. The molecule has 0 saturated carbocycles. The molecular formula is C15H18N4O2S. The summed E-state index contributed by atoms with van der Waals surface area (Å²) >= 11 is 1.11. The SMILES string of the molecule is Cc1nc(N)sc1C(=O)N[C@@H](C(=O)N(C)C)c1ccccc1. The minimum Gasteiger partial charge on any atom is -0.375 e. The lowest BCUT2D eigenvalue weighted by Gasteiger charge is -2.22. The van der Waals surface area contributed by atoms with Gasteiger partial charge < -0.3 is 16.0 Å². The molecule has 0 radical (unpaired) electrons. The van der Waals surface area contributed by atoms with Gasteiger partial charge in [-0.3, -0.25) is 9.59 Å². The van der Waals surface area contributed by atoms with Crippen LogP contribution in [-0.4, -0.2) is 35.8 Å². The molecule has 0 aliphatic rings. The van der Waals surface area contributed by atoms with E-state index in [2.05, 4.69) is 10.3 Å². The van der Waals surface area contributed by atoms with Crippen LogP contribution >= 0.6 is 11.3 Å². The second-order valence-corrected chi connectivity index (χ2v) is 6.05. The number of hydrogen-bond donors (Lipinski definition) is 2. The molecule has 6 nitrogen and oxygen atoms in total. The number of aromatic nitrogens is 1. The summed E-state index contributed by atoms with van der Waals surface area (Å²) in [6, 6.07) is 8.38. The van der Waals surface area contributed by atoms with Crippen molar-refractivity contribution in [3.8, 4) is 0 Å². The van der Waals surface area contributed by atoms with Crippen LogP contribution in [-0.2, 0) is 4.79 Å². The summed E-state index contributed by atoms with van der Waals surface area (Å²) in [5.74, 6) is -0.551. The Morgan fingerprint density at radius 2 is 1.91 bits per heavy atom. The molecule has 116 valence electrons. The van der Waals surface area contributed by atoms with Gasteiger partial charge in [-0.2, -0.15) is 0 Å². The highest BCUT2D eigenvalue weighted by Crippen LogP contribution is 2.22. The monoisotopic (exact) mass is 318 g/mol. The third kappa shape index (κ3) is 3.43. The molecule has 0 unspecified atom stereocenters. The minimum absolute atomic E-state index is 0.199. The Balaban J connectivity index is 2.29. The van der Waals surface area contributed by atoms with E-state index >= 15 is 0 Å². The van der Waals surface area contributed by atoms with Crippen molar-refractivity contribution in [2.45, 2.75) is 13.0 Å². The van der Waals surface area contributed by atoms with E-state index in [1.54, 1.807) is 33.2 Å². The Labute approximate surface area is 133 Å². The lowest BCUT2D eigenvalue weighted by atomic mass is 10.1. The zero-order valence-corrected chi connectivity index (χ0v) is 13.5. The molecule has 0 bridgehead atoms. The highest BCUT2D eigenvalue weighted by atomic mass is 32.1. The van der Waals surface area contributed by atoms with Crippen LogP contribution in [0.5, 0.6) is 0 Å². The molecule has 0 fully saturated rings. The van der Waals surface area contributed by atoms with Crippen LogP contribution < -0.4 is 11.1 Å². The van der Waals surface area contributed by atoms with Crippen LogP contribution in [0.3, 0.4) is 0 Å². The van der Waals surface area contributed by atoms with Crippen molar-refractivity contribution in [3.05, 3.63) is 46.5 Å². The molecule has 22 heavy (non-hydrogen) atoms. The molecule has 0 saturated heterocycles. The van der Waals surface area contributed by atoms with E-state index in [0.717, 1.165) is 16.9 Å². The highest BCUT2D eigenvalue weighted by Gasteiger charge is 2.26. The average Bonchev–Trinajstić information content (AvgIpc) is 2.83. The Kier molecular flexibility index (Phi) is 4.77. The molecule has 0 spiro atoms. The predicted molar refractivity (Wildman–Crippen MR) is 86.6 cm³/mol. The zero-order valence-electron chi connectivity index (χ0n) is 12.7. The number of nitrogens with one attached hydrogen (secondary N) is 1. The third-order valence-corrected chi connectivity index (χ3v) is 4.10. The first-order valence-electron chi connectivity index (χ1n) is 6.70. The maximum atomic E-state index is 12.4. The number of anilines is 1. The van der Waals surface area contributed by atoms with E-state index in [9.17, 15) is 9.59 Å². The van der Waals surface area contributed by atoms with Gasteiger partial charge in [-0.1, -0.05) is 41.7 Å². The maximum Gasteiger partial charge on any atom is 0.264 e. The summed E-state index contributed by atoms with van der Waals surface area (Å²) in [5, 5.41) is 3.10. The summed E-state index contributed by atoms with van der Waals surface area (Å²) in [6.07, 6.45) is 0. The zero-order chi connectivity index (χ0) is 16.3. The number of carbonyl (C=O) groups excluding carboxylic acids is 2. The van der Waals surface area contributed by atoms with Crippen LogP contribution in [0.1, 0.15) is 27.0 Å². The highest BCUT2D eigenvalue weighted by molar-refractivity contribution is 7.17. The van der Waals surface area contributed by atoms with Gasteiger partial charge in [-0.25, -0.2) is 4.98 Å². The lowest BCUT2D eigenvalue weighted by molar-refractivity contribution is -0.130. The third-order valence-electron chi connectivity index (χ3n) is 3.12. The molecule has 1 heterocycles. The summed E-state index contributed by atoms with van der Waals surface area (Å²) < 4.78 is 0. The van der Waals surface area contributed by atoms with Crippen molar-refractivity contribution in [1.82, 2.24) is 15.2 Å². The van der Waals surface area contributed by atoms with Gasteiger partial charge in [0.05, 0.1) is 5.69 Å². The van der Waals surface area contributed by atoms with E-state index in [-0.39, 0.29) is 11.8 Å². The number of amides is 2. The number of hydrogen-bond acceptors (Lipinski definition) is 5. The molecular weight excluding hydrogens is 300 g/mol. The molecule has 1 aromatic heterocycles. The van der Waals surface area contributed by atoms with Crippen molar-refractivity contribution < 1.29 is 9.59 Å². The number of carbonyl (C=O) groups is 2. The first-order chi connectivity index (χ1) is 10.4. The number of nitrogens with zero attached hydrogens (tertiary/aromatic N) is 2. The predicted octanol–water partition coefficient (Wildman–Crippen LogP) is 1.59. The summed E-state index contributed by atoms with van der Waals surface area (Å²) in [5.41, 5.74) is 6.91. The number of rotatable bonds is 4. The average molecular weight is 318 g/mol. The fraction of sp³-hybridized carbons (Fsp3) is 0.267. The van der Waals surface area contributed by atoms with Crippen molar-refractivity contribution in [3.63, 3.8) is 0 Å². The van der Waals surface area contributed by atoms with Gasteiger partial charge in [0.15, 0.2) is 5.13 Å². The fourth-order valence-electron chi connectivity index (χ4n) is 2.02. The summed E-state index contributed by atoms with van der Waals surface area (Å²) in [4.78, 5) is 30.7. The van der Waals surface area contributed by atoms with Crippen molar-refractivity contribution in [2.24, 2.45) is 0 Å². The molecule has 0 aliphatic carbocycles. The Bertz CT molecular complexity index is 682. The van der Waals surface area contributed by atoms with Gasteiger partial charge in [0, 0.05) is 14.1 Å². The standard InChI is InChI=1S/C15H18N4O2S/c1-9-12(22-15(16)17-9)13(20)18-11(14(21)19(2)3)10-7-5-4-6-8-10/h4-8,11H,1-3H3,(H2,16,17)(H,18,20)/t11-/m1/s1. The molecule has 3 N–H and O–H groups in total. The van der Waals surface area contributed by atoms with Crippen LogP contribution in [0.15, 0.2) is 30.3 Å². The van der Waals surface area contributed by atoms with E-state index < -0.39 is 6.04 Å². The van der Waals surface area contributed by atoms with Gasteiger partial charge in [0.1, 0.15) is 10.9 Å². The normalized spacial score (nSPS) is 11.8. The molecule has 2 rings (SSSR count). The van der Waals surface area contributed by atoms with Crippen molar-refractivity contribution in [2.75, 3.05) is 19.8 Å². The second kappa shape index (κ2) is 6.57. The summed E-state index contributed by atoms with van der Waals surface area (Å²) in [7, 11) is 3.31. The molecule has 7 heteroatoms. The molecule has 1 aromatic carbocycles. The van der Waals surface area contributed by atoms with E-state index in [1.165, 1.54) is 4.90 Å². The molecule has 1 atom stereocenters. The van der Waals surface area contributed by atoms with Gasteiger partial charge in [0.2, 0.25) is 5.91 Å². The van der Waals surface area contributed by atoms with Crippen molar-refractivity contribution in [1.29, 1.82) is 0 Å². The lowest BCUT2D eigenvalue weighted by Crippen LogP contribution is -2.39. The Morgan fingerprint density at radius 1 is 1.27 bits per heavy atom. The van der Waals surface area contributed by atoms with Gasteiger partial charge in [0.25, 0.3) is 5.91 Å². The van der Waals surface area contributed by atoms with E-state index in [0.29, 0.717) is 15.7 Å². The fourth-order valence-corrected chi connectivity index (χ4v) is 2.75. The number of benzene rings is 1. The smallest absolute Gasteiger partial charge is 0.264 e. The topological polar surface area (TPSA) is 88.3 Å². The van der Waals surface area contributed by atoms with E-state index in [4.69, 9.17) is 5.73 Å². The first-order valence-corrected chi connectivity index (χ1v) is 7.51. The number of nitrogen functional groups attached to an aromatic ring is 1. The molecule has 2 aromatic rings. The summed E-state index contributed by atoms with van der Waals surface area (Å²) in [6.45, 7) is 1.72. The Morgan fingerprint density at radius 3 is 2.41 bits per heavy atom. The number of nitrogens with two attached hydrogens (primary N) is 1. The quantitative estimate of drug-likeness (QED) is 0.896. The van der Waals surface area contributed by atoms with Gasteiger partial charge >= 0.3 is 0 Å². The number of likely N-dealkylation sites (N-methyl/N-ethyl adjacent to an activating group) is 1. The molecule has 2 amide bonds. The number of aryl methyl sites for hydroxylation is 1. The van der Waals surface area contributed by atoms with Gasteiger partial charge in [-0.05, 0) is 12.5 Å². The maximum absolute atomic E-state index is 12.4.